The molecule has 21 heavy (non-hydrogen) atoms. The van der Waals surface area contributed by atoms with Crippen molar-refractivity contribution in [2.75, 3.05) is 5.32 Å². The third kappa shape index (κ3) is 4.16. The van der Waals surface area contributed by atoms with Crippen LogP contribution in [-0.2, 0) is 0 Å². The molecule has 1 aliphatic rings. The topological polar surface area (TPSA) is 12.0 Å². The van der Waals surface area contributed by atoms with Gasteiger partial charge in [0.05, 0.1) is 6.04 Å². The number of benzene rings is 2. The normalized spacial score (nSPS) is 18.8. The molecule has 0 heterocycles. The molecule has 0 spiro atoms. The Bertz CT molecular complexity index is 529. The molecule has 2 aromatic carbocycles. The maximum atomic E-state index is 3.74. The van der Waals surface area contributed by atoms with E-state index in [-0.39, 0.29) is 18.9 Å². The zero-order valence-corrected chi connectivity index (χ0v) is 13.0. The minimum atomic E-state index is 0. The van der Waals surface area contributed by atoms with Crippen molar-refractivity contribution in [3.8, 4) is 0 Å². The van der Waals surface area contributed by atoms with Crippen LogP contribution in [0.3, 0.4) is 0 Å². The van der Waals surface area contributed by atoms with E-state index in [4.69, 9.17) is 0 Å². The largest absolute Gasteiger partial charge is 1.00 e. The van der Waals surface area contributed by atoms with Crippen LogP contribution in [0.2, 0.25) is 0 Å². The quantitative estimate of drug-likeness (QED) is 0.664. The van der Waals surface area contributed by atoms with Gasteiger partial charge >= 0.3 is 18.9 Å². The second-order valence-corrected chi connectivity index (χ2v) is 5.76. The predicted molar refractivity (Wildman–Crippen MR) is 85.6 cm³/mol. The molecule has 104 valence electrons. The Balaban J connectivity index is 0.00000161. The van der Waals surface area contributed by atoms with Crippen LogP contribution in [0.15, 0.2) is 54.6 Å². The first-order valence-electron chi connectivity index (χ1n) is 7.53. The summed E-state index contributed by atoms with van der Waals surface area (Å²) >= 11 is 0. The molecular weight excluding hydrogens is 249 g/mol. The molecular formula is C19H22LiN. The smallest absolute Gasteiger partial charge is 0.378 e. The molecule has 2 unspecified atom stereocenters. The number of anilines is 1. The summed E-state index contributed by atoms with van der Waals surface area (Å²) < 4.78 is 0. The van der Waals surface area contributed by atoms with Crippen molar-refractivity contribution >= 4 is 5.69 Å². The number of nitrogens with one attached hydrogen (secondary N) is 1. The molecule has 0 aliphatic heterocycles. The van der Waals surface area contributed by atoms with E-state index in [1.165, 1.54) is 36.1 Å². The molecule has 2 aromatic rings. The van der Waals surface area contributed by atoms with Gasteiger partial charge in [0, 0.05) is 5.69 Å². The summed E-state index contributed by atoms with van der Waals surface area (Å²) in [5, 5.41) is 3.74. The number of hydrogen-bond acceptors (Lipinski definition) is 1. The van der Waals surface area contributed by atoms with Crippen LogP contribution in [0.25, 0.3) is 0 Å². The second kappa shape index (κ2) is 7.73. The summed E-state index contributed by atoms with van der Waals surface area (Å²) in [7, 11) is 0. The van der Waals surface area contributed by atoms with Crippen LogP contribution in [0.1, 0.15) is 36.4 Å². The second-order valence-electron chi connectivity index (χ2n) is 5.76. The summed E-state index contributed by atoms with van der Waals surface area (Å²) in [4.78, 5) is 0. The van der Waals surface area contributed by atoms with Gasteiger partial charge in [-0.15, -0.1) is 0 Å². The third-order valence-corrected chi connectivity index (χ3v) is 4.21. The third-order valence-electron chi connectivity index (χ3n) is 4.21. The fraction of sp³-hybridized carbons (Fsp3) is 0.316. The molecule has 0 saturated heterocycles. The average Bonchev–Trinajstić information content (AvgIpc) is 3.01. The van der Waals surface area contributed by atoms with Gasteiger partial charge in [0.2, 0.25) is 0 Å². The molecule has 1 saturated carbocycles. The number of para-hydroxylation sites is 1. The fourth-order valence-corrected chi connectivity index (χ4v) is 3.05. The van der Waals surface area contributed by atoms with Gasteiger partial charge in [-0.3, -0.25) is 0 Å². The van der Waals surface area contributed by atoms with Crippen molar-refractivity contribution < 1.29 is 18.9 Å². The summed E-state index contributed by atoms with van der Waals surface area (Å²) in [6, 6.07) is 19.9. The van der Waals surface area contributed by atoms with Crippen molar-refractivity contribution in [1.29, 1.82) is 0 Å². The van der Waals surface area contributed by atoms with E-state index in [9.17, 15) is 0 Å². The van der Waals surface area contributed by atoms with E-state index in [0.29, 0.717) is 12.0 Å². The predicted octanol–water partition coefficient (Wildman–Crippen LogP) is 2.16. The van der Waals surface area contributed by atoms with Crippen LogP contribution in [0.4, 0.5) is 5.69 Å². The molecule has 1 N–H and O–H groups in total. The van der Waals surface area contributed by atoms with Crippen LogP contribution in [-0.4, -0.2) is 0 Å². The maximum Gasteiger partial charge on any atom is 1.00 e. The molecule has 2 heteroatoms. The molecule has 1 aliphatic carbocycles. The van der Waals surface area contributed by atoms with Crippen molar-refractivity contribution in [2.24, 2.45) is 5.92 Å². The van der Waals surface area contributed by atoms with E-state index in [1.54, 1.807) is 0 Å². The van der Waals surface area contributed by atoms with Gasteiger partial charge in [0.1, 0.15) is 0 Å². The Morgan fingerprint density at radius 3 is 2.38 bits per heavy atom. The minimum Gasteiger partial charge on any atom is -0.378 e. The van der Waals surface area contributed by atoms with Crippen molar-refractivity contribution in [3.05, 3.63) is 72.1 Å². The molecule has 3 rings (SSSR count). The summed E-state index contributed by atoms with van der Waals surface area (Å²) in [5.41, 5.74) is 3.94. The molecule has 2 atom stereocenters. The van der Waals surface area contributed by atoms with Gasteiger partial charge < -0.3 is 11.7 Å². The van der Waals surface area contributed by atoms with Crippen molar-refractivity contribution in [3.63, 3.8) is 0 Å². The first-order chi connectivity index (χ1) is 9.83. The van der Waals surface area contributed by atoms with Gasteiger partial charge in [0.25, 0.3) is 0 Å². The minimum absolute atomic E-state index is 0. The Morgan fingerprint density at radius 2 is 1.76 bits per heavy atom. The number of aryl methyl sites for hydroxylation is 1. The molecule has 0 bridgehead atoms. The fourth-order valence-electron chi connectivity index (χ4n) is 3.05. The van der Waals surface area contributed by atoms with Gasteiger partial charge in [-0.1, -0.05) is 54.4 Å². The van der Waals surface area contributed by atoms with Gasteiger partial charge in [-0.2, -0.15) is 12.8 Å². The van der Waals surface area contributed by atoms with E-state index in [2.05, 4.69) is 73.3 Å². The Kier molecular flexibility index (Phi) is 5.97. The zero-order chi connectivity index (χ0) is 13.8. The van der Waals surface area contributed by atoms with E-state index >= 15 is 0 Å². The van der Waals surface area contributed by atoms with Crippen LogP contribution in [0.5, 0.6) is 0 Å². The molecule has 1 nitrogen and oxygen atoms in total. The van der Waals surface area contributed by atoms with Crippen molar-refractivity contribution in [2.45, 2.75) is 32.2 Å². The summed E-state index contributed by atoms with van der Waals surface area (Å²) in [5.74, 6) is 0.706. The van der Waals surface area contributed by atoms with Crippen LogP contribution >= 0.6 is 0 Å². The zero-order valence-electron chi connectivity index (χ0n) is 13.0. The van der Waals surface area contributed by atoms with Crippen LogP contribution < -0.4 is 24.2 Å². The first-order valence-corrected chi connectivity index (χ1v) is 7.53. The maximum absolute atomic E-state index is 3.74. The standard InChI is InChI=1S/C19H22N.Li/c1-15-11-13-17(14-12-15)19(16-7-5-6-8-16)20-18-9-3-2-4-10-18;/h2-5,9-14,16,19-20H,6-8H2,1H3;/q-1;+1. The molecule has 0 radical (unpaired) electrons. The SMILES string of the molecule is Cc1ccc(C(Nc2ccccc2)C2C[CH-]CC2)cc1.[Li+]. The van der Waals surface area contributed by atoms with E-state index in [1.807, 2.05) is 0 Å². The van der Waals surface area contributed by atoms with Gasteiger partial charge in [0.15, 0.2) is 0 Å². The molecule has 0 aromatic heterocycles. The Hall–Kier alpha value is -1.16. The summed E-state index contributed by atoms with van der Waals surface area (Å²) in [6.45, 7) is 2.15. The van der Waals surface area contributed by atoms with Crippen LogP contribution in [0, 0.1) is 19.3 Å². The first kappa shape index (κ1) is 16.2. The van der Waals surface area contributed by atoms with Crippen molar-refractivity contribution in [1.82, 2.24) is 0 Å². The van der Waals surface area contributed by atoms with Gasteiger partial charge in [-0.25, -0.2) is 0 Å². The molecule has 0 amide bonds. The Morgan fingerprint density at radius 1 is 1.05 bits per heavy atom. The summed E-state index contributed by atoms with van der Waals surface area (Å²) in [6.07, 6.45) is 6.19. The molecule has 1 fully saturated rings. The monoisotopic (exact) mass is 271 g/mol. The van der Waals surface area contributed by atoms with E-state index in [0.717, 1.165) is 0 Å². The van der Waals surface area contributed by atoms with Gasteiger partial charge in [-0.05, 0) is 30.5 Å². The van der Waals surface area contributed by atoms with E-state index < -0.39 is 0 Å². The number of rotatable bonds is 4. The number of hydrogen-bond donors (Lipinski definition) is 1. The average molecular weight is 271 g/mol. The Labute approximate surface area is 140 Å².